The van der Waals surface area contributed by atoms with Crippen LogP contribution in [0.4, 0.5) is 10.3 Å². The van der Waals surface area contributed by atoms with Crippen molar-refractivity contribution >= 4 is 41.6 Å². The predicted octanol–water partition coefficient (Wildman–Crippen LogP) is 2.92. The van der Waals surface area contributed by atoms with E-state index in [4.69, 9.17) is 24.3 Å². The number of halogens is 1. The predicted molar refractivity (Wildman–Crippen MR) is 132 cm³/mol. The Morgan fingerprint density at radius 3 is 2.83 bits per heavy atom. The minimum absolute atomic E-state index is 0.00779. The lowest BCUT2D eigenvalue weighted by Crippen LogP contribution is -2.13. The molecular weight excluding hydrogens is 516 g/mol. The second-order valence-corrected chi connectivity index (χ2v) is 10.5. The number of nitrogens with zero attached hydrogens (tertiary/aromatic N) is 3. The van der Waals surface area contributed by atoms with Gasteiger partial charge in [-0.05, 0) is 17.7 Å². The third-order valence-electron chi connectivity index (χ3n) is 4.79. The molecule has 36 heavy (non-hydrogen) atoms. The molecule has 3 aromatic rings. The molecule has 1 aromatic carbocycles. The molecule has 1 unspecified atom stereocenters. The van der Waals surface area contributed by atoms with E-state index in [2.05, 4.69) is 15.0 Å². The molecule has 0 aliphatic carbocycles. The highest BCUT2D eigenvalue weighted by atomic mass is 32.2. The highest BCUT2D eigenvalue weighted by molar-refractivity contribution is 8.13. The summed E-state index contributed by atoms with van der Waals surface area (Å²) in [4.78, 5) is 33.8. The molecule has 15 heteroatoms. The van der Waals surface area contributed by atoms with E-state index in [1.54, 1.807) is 17.6 Å². The highest BCUT2D eigenvalue weighted by Gasteiger charge is 2.26. The molecular formula is C21H27FN5O7PS. The summed E-state index contributed by atoms with van der Waals surface area (Å²) in [6.45, 7) is 1.84. The number of rotatable bonds is 14. The van der Waals surface area contributed by atoms with Crippen molar-refractivity contribution in [2.45, 2.75) is 26.5 Å². The quantitative estimate of drug-likeness (QED) is 0.227. The van der Waals surface area contributed by atoms with E-state index in [9.17, 15) is 18.5 Å². The maximum atomic E-state index is 14.0. The topological polar surface area (TPSA) is 161 Å². The van der Waals surface area contributed by atoms with Crippen molar-refractivity contribution in [1.29, 1.82) is 0 Å². The Labute approximate surface area is 210 Å². The molecule has 0 amide bonds. The molecule has 0 aliphatic rings. The lowest BCUT2D eigenvalue weighted by Gasteiger charge is -2.19. The Hall–Kier alpha value is -2.77. The van der Waals surface area contributed by atoms with Gasteiger partial charge in [-0.3, -0.25) is 19.1 Å². The first-order valence-electron chi connectivity index (χ1n) is 10.9. The molecule has 0 fully saturated rings. The lowest BCUT2D eigenvalue weighted by atomic mass is 10.2. The zero-order chi connectivity index (χ0) is 26.1. The van der Waals surface area contributed by atoms with Crippen molar-refractivity contribution in [2.24, 2.45) is 0 Å². The van der Waals surface area contributed by atoms with E-state index in [0.29, 0.717) is 17.7 Å². The molecule has 3 N–H and O–H groups in total. The molecule has 0 aliphatic heterocycles. The number of imidazole rings is 1. The summed E-state index contributed by atoms with van der Waals surface area (Å²) in [5.74, 6) is -0.263. The Morgan fingerprint density at radius 2 is 2.11 bits per heavy atom. The number of anilines is 1. The van der Waals surface area contributed by atoms with Gasteiger partial charge in [0.1, 0.15) is 6.35 Å². The number of aromatic nitrogens is 4. The number of ether oxygens (including phenoxy) is 2. The lowest BCUT2D eigenvalue weighted by molar-refractivity contribution is -0.110. The van der Waals surface area contributed by atoms with Crippen molar-refractivity contribution in [3.8, 4) is 5.75 Å². The zero-order valence-electron chi connectivity index (χ0n) is 19.8. The van der Waals surface area contributed by atoms with Crippen LogP contribution in [0.15, 0.2) is 29.3 Å². The summed E-state index contributed by atoms with van der Waals surface area (Å²) in [6, 6.07) is 4.22. The molecule has 196 valence electrons. The van der Waals surface area contributed by atoms with Crippen LogP contribution >= 0.6 is 19.4 Å². The van der Waals surface area contributed by atoms with Crippen molar-refractivity contribution < 1.29 is 32.3 Å². The number of H-pyrrole nitrogens is 1. The van der Waals surface area contributed by atoms with E-state index in [1.165, 1.54) is 25.6 Å². The SMILES string of the molecule is CCC(=O)SCCOP(=O)(COCCn1cnc2c(=O)[nH]c(N)nc21)OCc1ccc(OC)c(F)c1. The van der Waals surface area contributed by atoms with Crippen molar-refractivity contribution in [3.63, 3.8) is 0 Å². The average Bonchev–Trinajstić information content (AvgIpc) is 3.26. The van der Waals surface area contributed by atoms with Gasteiger partial charge in [0, 0.05) is 18.7 Å². The minimum atomic E-state index is -3.77. The Morgan fingerprint density at radius 1 is 1.31 bits per heavy atom. The van der Waals surface area contributed by atoms with Crippen LogP contribution in [0.2, 0.25) is 0 Å². The highest BCUT2D eigenvalue weighted by Crippen LogP contribution is 2.49. The van der Waals surface area contributed by atoms with Crippen LogP contribution in [0.25, 0.3) is 11.2 Å². The minimum Gasteiger partial charge on any atom is -0.494 e. The van der Waals surface area contributed by atoms with Crippen LogP contribution in [0.1, 0.15) is 18.9 Å². The van der Waals surface area contributed by atoms with E-state index in [0.717, 1.165) is 11.8 Å². The number of nitrogens with one attached hydrogen (secondary N) is 1. The number of carbonyl (C=O) groups is 1. The molecule has 1 atom stereocenters. The number of nitrogens with two attached hydrogens (primary N) is 1. The van der Waals surface area contributed by atoms with E-state index >= 15 is 0 Å². The summed E-state index contributed by atoms with van der Waals surface area (Å²) in [5.41, 5.74) is 5.98. The second kappa shape index (κ2) is 13.0. The van der Waals surface area contributed by atoms with Gasteiger partial charge in [-0.25, -0.2) is 9.37 Å². The van der Waals surface area contributed by atoms with Gasteiger partial charge in [0.25, 0.3) is 5.56 Å². The van der Waals surface area contributed by atoms with Crippen LogP contribution in [-0.4, -0.2) is 57.1 Å². The molecule has 0 spiro atoms. The third kappa shape index (κ3) is 7.61. The largest absolute Gasteiger partial charge is 0.494 e. The van der Waals surface area contributed by atoms with Gasteiger partial charge >= 0.3 is 7.60 Å². The first-order chi connectivity index (χ1) is 17.2. The van der Waals surface area contributed by atoms with Gasteiger partial charge < -0.3 is 28.8 Å². The summed E-state index contributed by atoms with van der Waals surface area (Å²) in [5, 5.41) is -0.0139. The van der Waals surface area contributed by atoms with E-state index in [1.807, 2.05) is 0 Å². The van der Waals surface area contributed by atoms with Gasteiger partial charge in [-0.2, -0.15) is 4.98 Å². The number of nitrogen functional groups attached to an aromatic ring is 1. The fourth-order valence-electron chi connectivity index (χ4n) is 2.99. The molecule has 12 nitrogen and oxygen atoms in total. The fraction of sp³-hybridized carbons (Fsp3) is 0.429. The number of fused-ring (bicyclic) bond motifs is 1. The Balaban J connectivity index is 1.60. The number of aromatic amines is 1. The summed E-state index contributed by atoms with van der Waals surface area (Å²) < 4.78 is 50.3. The number of benzene rings is 1. The van der Waals surface area contributed by atoms with Crippen LogP contribution in [0, 0.1) is 5.82 Å². The Bertz CT molecular complexity index is 1300. The molecule has 2 aromatic heterocycles. The van der Waals surface area contributed by atoms with E-state index < -0.39 is 19.0 Å². The van der Waals surface area contributed by atoms with Crippen molar-refractivity contribution in [3.05, 3.63) is 46.3 Å². The van der Waals surface area contributed by atoms with Gasteiger partial charge in [0.15, 0.2) is 27.8 Å². The number of carbonyl (C=O) groups excluding carboxylic acids is 1. The molecule has 0 saturated heterocycles. The standard InChI is InChI=1S/C21H27FN5O7PS/c1-3-17(28)36-9-8-33-35(30,34-11-14-4-5-16(31-2)15(22)10-14)13-32-7-6-27-12-24-18-19(27)25-21(23)26-20(18)29/h4-5,10,12H,3,6-9,11,13H2,1-2H3,(H3,23,25,26,29). The summed E-state index contributed by atoms with van der Waals surface area (Å²) >= 11 is 1.07. The number of hydrogen-bond acceptors (Lipinski definition) is 11. The van der Waals surface area contributed by atoms with Crippen molar-refractivity contribution in [2.75, 3.05) is 38.2 Å². The first-order valence-corrected chi connectivity index (χ1v) is 13.6. The smallest absolute Gasteiger partial charge is 0.356 e. The molecule has 0 saturated carbocycles. The average molecular weight is 544 g/mol. The van der Waals surface area contributed by atoms with Crippen LogP contribution < -0.4 is 16.0 Å². The van der Waals surface area contributed by atoms with Crippen molar-refractivity contribution in [1.82, 2.24) is 19.5 Å². The van der Waals surface area contributed by atoms with Gasteiger partial charge in [0.2, 0.25) is 5.95 Å². The molecule has 2 heterocycles. The van der Waals surface area contributed by atoms with Crippen LogP contribution in [0.3, 0.4) is 0 Å². The number of methoxy groups -OCH3 is 1. The van der Waals surface area contributed by atoms with Gasteiger partial charge in [-0.15, -0.1) is 0 Å². The second-order valence-electron chi connectivity index (χ2n) is 7.36. The van der Waals surface area contributed by atoms with Crippen LogP contribution in [0.5, 0.6) is 5.75 Å². The van der Waals surface area contributed by atoms with E-state index in [-0.39, 0.29) is 60.7 Å². The Kier molecular flexibility index (Phi) is 10.0. The molecule has 0 radical (unpaired) electrons. The maximum absolute atomic E-state index is 14.0. The maximum Gasteiger partial charge on any atom is 0.356 e. The number of hydrogen-bond donors (Lipinski definition) is 2. The first kappa shape index (κ1) is 27.8. The monoisotopic (exact) mass is 543 g/mol. The summed E-state index contributed by atoms with van der Waals surface area (Å²) in [6.07, 6.45) is 1.41. The molecule has 0 bridgehead atoms. The fourth-order valence-corrected chi connectivity index (χ4v) is 5.01. The normalized spacial score (nSPS) is 13.1. The molecule has 3 rings (SSSR count). The van der Waals surface area contributed by atoms with Gasteiger partial charge in [0.05, 0.1) is 33.3 Å². The zero-order valence-corrected chi connectivity index (χ0v) is 21.5. The van der Waals surface area contributed by atoms with Gasteiger partial charge in [-0.1, -0.05) is 24.8 Å². The third-order valence-corrected chi connectivity index (χ3v) is 7.36. The number of thioether (sulfide) groups is 1. The summed E-state index contributed by atoms with van der Waals surface area (Å²) in [7, 11) is -2.42. The van der Waals surface area contributed by atoms with Crippen LogP contribution in [-0.2, 0) is 36.3 Å².